The number of pyridine rings is 1. The number of benzene rings is 1. The topological polar surface area (TPSA) is 111 Å². The number of carbonyl (C=O) groups excluding carboxylic acids is 2. The van der Waals surface area contributed by atoms with Crippen molar-refractivity contribution in [3.63, 3.8) is 0 Å². The van der Waals surface area contributed by atoms with Crippen LogP contribution in [0.2, 0.25) is 0 Å². The summed E-state index contributed by atoms with van der Waals surface area (Å²) in [6.45, 7) is 0.944. The molecular formula is C26H26N4O5. The number of imidazole rings is 1. The van der Waals surface area contributed by atoms with Gasteiger partial charge in [0.1, 0.15) is 6.04 Å². The first-order valence-corrected chi connectivity index (χ1v) is 10.8. The van der Waals surface area contributed by atoms with E-state index in [2.05, 4.69) is 9.97 Å². The number of aromatic nitrogens is 3. The largest absolute Gasteiger partial charge is 0.503 e. The van der Waals surface area contributed by atoms with Gasteiger partial charge in [0, 0.05) is 37.1 Å². The second kappa shape index (κ2) is 9.84. The van der Waals surface area contributed by atoms with Crippen molar-refractivity contribution >= 4 is 22.7 Å². The quantitative estimate of drug-likeness (QED) is 0.378. The number of furan rings is 1. The highest BCUT2D eigenvalue weighted by molar-refractivity contribution is 6.16. The molecule has 1 unspecified atom stereocenters. The van der Waals surface area contributed by atoms with Gasteiger partial charge in [-0.15, -0.1) is 0 Å². The number of rotatable bonds is 8. The maximum atomic E-state index is 13.6. The molecule has 0 spiro atoms. The number of hydrogen-bond acceptors (Lipinski definition) is 7. The maximum absolute atomic E-state index is 13.6. The molecule has 1 aliphatic rings. The van der Waals surface area contributed by atoms with E-state index >= 15 is 0 Å². The highest BCUT2D eigenvalue weighted by Gasteiger charge is 2.45. The molecule has 9 nitrogen and oxygen atoms in total. The average molecular weight is 475 g/mol. The maximum Gasteiger partial charge on any atom is 0.290 e. The standard InChI is InChI=1S/C25H22N4O5.CH4/c1-33-18-8-4-6-16-14-19(34-24(16)18)22(30)20-21(17-7-2-3-9-27-17)29(25(32)23(20)31)12-5-11-28-13-10-26-15-28;/h2-4,6-10,13-15,21,31H,5,11-12H2,1H3;1H4. The van der Waals surface area contributed by atoms with Gasteiger partial charge in [-0.25, -0.2) is 4.98 Å². The van der Waals surface area contributed by atoms with Crippen LogP contribution in [0.5, 0.6) is 5.75 Å². The first-order chi connectivity index (χ1) is 16.6. The summed E-state index contributed by atoms with van der Waals surface area (Å²) in [7, 11) is 1.52. The molecule has 4 aromatic rings. The number of methoxy groups -OCH3 is 1. The lowest BCUT2D eigenvalue weighted by atomic mass is 9.98. The number of Topliss-reactive ketones (excluding diaryl/α,β-unsaturated/α-hetero) is 1. The first kappa shape index (κ1) is 23.7. The molecule has 1 N–H and O–H groups in total. The molecule has 0 saturated heterocycles. The molecule has 35 heavy (non-hydrogen) atoms. The summed E-state index contributed by atoms with van der Waals surface area (Å²) >= 11 is 0. The van der Waals surface area contributed by atoms with Gasteiger partial charge in [0.25, 0.3) is 5.91 Å². The molecule has 4 heterocycles. The van der Waals surface area contributed by atoms with Crippen LogP contribution in [0.25, 0.3) is 11.0 Å². The molecule has 1 aliphatic heterocycles. The minimum Gasteiger partial charge on any atom is -0.503 e. The van der Waals surface area contributed by atoms with Gasteiger partial charge in [0.2, 0.25) is 5.78 Å². The zero-order valence-corrected chi connectivity index (χ0v) is 18.4. The predicted octanol–water partition coefficient (Wildman–Crippen LogP) is 4.34. The Kier molecular flexibility index (Phi) is 6.68. The van der Waals surface area contributed by atoms with E-state index in [0.717, 1.165) is 0 Å². The van der Waals surface area contributed by atoms with Crippen LogP contribution >= 0.6 is 0 Å². The SMILES string of the molecule is C.COc1cccc2cc(C(=O)C3=C(O)C(=O)N(CCCn4ccnc4)C3c3ccccn3)oc12. The van der Waals surface area contributed by atoms with Crippen molar-refractivity contribution in [1.29, 1.82) is 0 Å². The van der Waals surface area contributed by atoms with Crippen LogP contribution in [0.15, 0.2) is 83.1 Å². The number of nitrogens with zero attached hydrogens (tertiary/aromatic N) is 4. The van der Waals surface area contributed by atoms with E-state index in [1.54, 1.807) is 61.2 Å². The minimum atomic E-state index is -0.834. The van der Waals surface area contributed by atoms with E-state index in [1.807, 2.05) is 10.8 Å². The van der Waals surface area contributed by atoms with Gasteiger partial charge < -0.3 is 23.7 Å². The van der Waals surface area contributed by atoms with E-state index in [-0.39, 0.29) is 18.8 Å². The molecule has 1 atom stereocenters. The predicted molar refractivity (Wildman–Crippen MR) is 129 cm³/mol. The normalized spacial score (nSPS) is 15.5. The van der Waals surface area contributed by atoms with E-state index in [9.17, 15) is 14.7 Å². The van der Waals surface area contributed by atoms with Crippen molar-refractivity contribution in [3.8, 4) is 5.75 Å². The van der Waals surface area contributed by atoms with Crippen LogP contribution < -0.4 is 4.74 Å². The number of para-hydroxylation sites is 1. The van der Waals surface area contributed by atoms with E-state index < -0.39 is 23.5 Å². The third kappa shape index (κ3) is 4.28. The number of ketones is 1. The van der Waals surface area contributed by atoms with Crippen molar-refractivity contribution in [2.24, 2.45) is 0 Å². The lowest BCUT2D eigenvalue weighted by molar-refractivity contribution is -0.129. The molecule has 0 saturated carbocycles. The molecule has 5 rings (SSSR count). The van der Waals surface area contributed by atoms with Crippen molar-refractivity contribution in [2.75, 3.05) is 13.7 Å². The summed E-state index contributed by atoms with van der Waals surface area (Å²) in [5.41, 5.74) is 0.855. The lowest BCUT2D eigenvalue weighted by Gasteiger charge is -2.25. The number of carbonyl (C=O) groups is 2. The van der Waals surface area contributed by atoms with Gasteiger partial charge in [0.15, 0.2) is 22.9 Å². The van der Waals surface area contributed by atoms with E-state index in [4.69, 9.17) is 9.15 Å². The van der Waals surface area contributed by atoms with Gasteiger partial charge in [0.05, 0.1) is 24.7 Å². The third-order valence-corrected chi connectivity index (χ3v) is 5.84. The van der Waals surface area contributed by atoms with Crippen molar-refractivity contribution in [2.45, 2.75) is 26.4 Å². The van der Waals surface area contributed by atoms with Crippen molar-refractivity contribution in [1.82, 2.24) is 19.4 Å². The van der Waals surface area contributed by atoms with Crippen LogP contribution in [0.1, 0.15) is 36.1 Å². The van der Waals surface area contributed by atoms with E-state index in [1.165, 1.54) is 12.0 Å². The summed E-state index contributed by atoms with van der Waals surface area (Å²) < 4.78 is 13.0. The van der Waals surface area contributed by atoms with Crippen LogP contribution in [-0.2, 0) is 11.3 Å². The van der Waals surface area contributed by atoms with Crippen molar-refractivity contribution in [3.05, 3.63) is 90.2 Å². The van der Waals surface area contributed by atoms with E-state index in [0.29, 0.717) is 41.9 Å². The first-order valence-electron chi connectivity index (χ1n) is 10.8. The summed E-state index contributed by atoms with van der Waals surface area (Å²) in [5, 5.41) is 11.5. The molecular weight excluding hydrogens is 448 g/mol. The van der Waals surface area contributed by atoms with Crippen molar-refractivity contribution < 1.29 is 23.8 Å². The Morgan fingerprint density at radius 1 is 1.17 bits per heavy atom. The number of hydrogen-bond donors (Lipinski definition) is 1. The zero-order chi connectivity index (χ0) is 23.7. The van der Waals surface area contributed by atoms with Gasteiger partial charge in [-0.05, 0) is 30.7 Å². The lowest BCUT2D eigenvalue weighted by Crippen LogP contribution is -2.33. The minimum absolute atomic E-state index is 0. The van der Waals surface area contributed by atoms with Gasteiger partial charge in [-0.3, -0.25) is 14.6 Å². The molecule has 0 radical (unpaired) electrons. The number of aliphatic hydroxyl groups is 1. The molecule has 0 aliphatic carbocycles. The summed E-state index contributed by atoms with van der Waals surface area (Å²) in [6.07, 6.45) is 7.41. The summed E-state index contributed by atoms with van der Waals surface area (Å²) in [6, 6.07) is 11.3. The van der Waals surface area contributed by atoms with Gasteiger partial charge in [-0.2, -0.15) is 0 Å². The Balaban J connectivity index is 0.00000289. The fourth-order valence-electron chi connectivity index (χ4n) is 4.25. The molecule has 1 aromatic carbocycles. The molecule has 9 heteroatoms. The Morgan fingerprint density at radius 3 is 2.74 bits per heavy atom. The Bertz CT molecular complexity index is 1380. The molecule has 3 aromatic heterocycles. The number of ether oxygens (including phenoxy) is 1. The van der Waals surface area contributed by atoms with Crippen LogP contribution in [-0.4, -0.2) is 49.9 Å². The molecule has 180 valence electrons. The smallest absolute Gasteiger partial charge is 0.290 e. The Labute approximate surface area is 202 Å². The summed E-state index contributed by atoms with van der Waals surface area (Å²) in [4.78, 5) is 36.5. The van der Waals surface area contributed by atoms with Crippen LogP contribution in [0.4, 0.5) is 0 Å². The zero-order valence-electron chi connectivity index (χ0n) is 18.4. The fourth-order valence-corrected chi connectivity index (χ4v) is 4.25. The monoisotopic (exact) mass is 474 g/mol. The number of fused-ring (bicyclic) bond motifs is 1. The average Bonchev–Trinajstić information content (AvgIpc) is 3.59. The second-order valence-electron chi connectivity index (χ2n) is 7.89. The van der Waals surface area contributed by atoms with Crippen LogP contribution in [0, 0.1) is 0 Å². The second-order valence-corrected chi connectivity index (χ2v) is 7.89. The molecule has 1 amide bonds. The Hall–Kier alpha value is -4.40. The summed E-state index contributed by atoms with van der Waals surface area (Å²) in [5.74, 6) is -1.28. The van der Waals surface area contributed by atoms with Gasteiger partial charge in [-0.1, -0.05) is 25.6 Å². The van der Waals surface area contributed by atoms with Crippen LogP contribution in [0.3, 0.4) is 0 Å². The molecule has 0 fully saturated rings. The third-order valence-electron chi connectivity index (χ3n) is 5.84. The number of aliphatic hydroxyl groups excluding tert-OH is 1. The van der Waals surface area contributed by atoms with Gasteiger partial charge >= 0.3 is 0 Å². The highest BCUT2D eigenvalue weighted by atomic mass is 16.5. The number of amides is 1. The Morgan fingerprint density at radius 2 is 2.03 bits per heavy atom. The fraction of sp³-hybridized carbons (Fsp3) is 0.231. The highest BCUT2D eigenvalue weighted by Crippen LogP contribution is 2.39. The number of aryl methyl sites for hydroxylation is 1. The molecule has 0 bridgehead atoms.